The highest BCUT2D eigenvalue weighted by atomic mass is 32.1. The lowest BCUT2D eigenvalue weighted by Crippen LogP contribution is -2.27. The Balaban J connectivity index is 1.54. The fourth-order valence-electron chi connectivity index (χ4n) is 3.50. The van der Waals surface area contributed by atoms with Gasteiger partial charge in [0.2, 0.25) is 0 Å². The van der Waals surface area contributed by atoms with Crippen LogP contribution in [0, 0.1) is 11.8 Å². The van der Waals surface area contributed by atoms with E-state index in [2.05, 4.69) is 44.8 Å². The van der Waals surface area contributed by atoms with E-state index in [9.17, 15) is 4.79 Å². The van der Waals surface area contributed by atoms with Gasteiger partial charge in [-0.3, -0.25) is 5.10 Å². The summed E-state index contributed by atoms with van der Waals surface area (Å²) >= 11 is 1.65. The number of H-pyrrole nitrogens is 1. The van der Waals surface area contributed by atoms with Crippen LogP contribution in [-0.2, 0) is 11.3 Å². The van der Waals surface area contributed by atoms with Crippen molar-refractivity contribution in [3.63, 3.8) is 0 Å². The number of thiazole rings is 1. The van der Waals surface area contributed by atoms with Crippen LogP contribution in [0.3, 0.4) is 0 Å². The number of nitrogens with zero attached hydrogens (tertiary/aromatic N) is 2. The summed E-state index contributed by atoms with van der Waals surface area (Å²) in [6.45, 7) is 3.08. The van der Waals surface area contributed by atoms with Gasteiger partial charge in [0, 0.05) is 5.56 Å². The fraction of sp³-hybridized carbons (Fsp3) is 0.348. The molecule has 1 unspecified atom stereocenters. The molecule has 4 rings (SSSR count). The predicted octanol–water partition coefficient (Wildman–Crippen LogP) is 4.26. The number of piperidine rings is 1. The molecule has 0 aliphatic carbocycles. The first-order chi connectivity index (χ1) is 15.2. The highest BCUT2D eigenvalue weighted by molar-refractivity contribution is 7.18. The zero-order valence-corrected chi connectivity index (χ0v) is 18.2. The first-order valence-electron chi connectivity index (χ1n) is 10.4. The van der Waals surface area contributed by atoms with E-state index in [4.69, 9.17) is 9.72 Å². The van der Waals surface area contributed by atoms with Gasteiger partial charge in [0.25, 0.3) is 0 Å². The van der Waals surface area contributed by atoms with Crippen molar-refractivity contribution in [2.45, 2.75) is 38.8 Å². The van der Waals surface area contributed by atoms with E-state index < -0.39 is 6.09 Å². The van der Waals surface area contributed by atoms with Crippen molar-refractivity contribution in [2.24, 2.45) is 0 Å². The summed E-state index contributed by atoms with van der Waals surface area (Å²) in [6.07, 6.45) is 2.95. The highest BCUT2D eigenvalue weighted by Gasteiger charge is 2.25. The topological polar surface area (TPSA) is 91.9 Å². The molecule has 1 saturated heterocycles. The average molecular weight is 436 g/mol. The minimum absolute atomic E-state index is 0.0808. The lowest BCUT2D eigenvalue weighted by atomic mass is 10.0. The third kappa shape index (κ3) is 5.32. The van der Waals surface area contributed by atoms with Gasteiger partial charge in [-0.2, -0.15) is 5.10 Å². The van der Waals surface area contributed by atoms with Crippen LogP contribution >= 0.6 is 11.3 Å². The Bertz CT molecular complexity index is 1070. The summed E-state index contributed by atoms with van der Waals surface area (Å²) < 4.78 is 4.97. The van der Waals surface area contributed by atoms with Crippen LogP contribution in [0.25, 0.3) is 21.1 Å². The smallest absolute Gasteiger partial charge is 0.408 e. The molecule has 1 amide bonds. The maximum absolute atomic E-state index is 11.7. The summed E-state index contributed by atoms with van der Waals surface area (Å²) in [4.78, 5) is 17.8. The van der Waals surface area contributed by atoms with Crippen molar-refractivity contribution in [3.8, 4) is 33.0 Å². The third-order valence-corrected chi connectivity index (χ3v) is 6.20. The minimum Gasteiger partial charge on any atom is -0.436 e. The van der Waals surface area contributed by atoms with Crippen molar-refractivity contribution in [2.75, 3.05) is 13.2 Å². The molecule has 3 aromatic rings. The Morgan fingerprint density at radius 1 is 1.32 bits per heavy atom. The van der Waals surface area contributed by atoms with E-state index in [-0.39, 0.29) is 12.6 Å². The number of hydrogen-bond acceptors (Lipinski definition) is 6. The molecule has 1 aliphatic rings. The Morgan fingerprint density at radius 2 is 2.19 bits per heavy atom. The Morgan fingerprint density at radius 3 is 2.97 bits per heavy atom. The number of alkyl carbamates (subject to hydrolysis) is 1. The molecule has 2 aromatic heterocycles. The number of benzene rings is 1. The quantitative estimate of drug-likeness (QED) is 0.503. The molecule has 8 heteroatoms. The second-order valence-corrected chi connectivity index (χ2v) is 8.24. The molecule has 31 heavy (non-hydrogen) atoms. The Hall–Kier alpha value is -3.15. The maximum Gasteiger partial charge on any atom is 0.408 e. The van der Waals surface area contributed by atoms with Crippen LogP contribution in [0.1, 0.15) is 43.6 Å². The number of aromatic nitrogens is 3. The summed E-state index contributed by atoms with van der Waals surface area (Å²) in [5.41, 5.74) is 3.79. The summed E-state index contributed by atoms with van der Waals surface area (Å²) in [6, 6.07) is 12.4. The van der Waals surface area contributed by atoms with Gasteiger partial charge in [-0.25, -0.2) is 9.78 Å². The molecule has 0 saturated carbocycles. The van der Waals surface area contributed by atoms with Crippen LogP contribution in [0.15, 0.2) is 36.4 Å². The molecule has 7 nitrogen and oxygen atoms in total. The van der Waals surface area contributed by atoms with Gasteiger partial charge in [-0.15, -0.1) is 17.3 Å². The van der Waals surface area contributed by atoms with Gasteiger partial charge < -0.3 is 15.4 Å². The lowest BCUT2D eigenvalue weighted by molar-refractivity contribution is 0.159. The van der Waals surface area contributed by atoms with Gasteiger partial charge in [0.15, 0.2) is 6.61 Å². The molecule has 0 radical (unpaired) electrons. The van der Waals surface area contributed by atoms with Gasteiger partial charge in [0.1, 0.15) is 10.7 Å². The molecule has 0 bridgehead atoms. The summed E-state index contributed by atoms with van der Waals surface area (Å²) in [7, 11) is 0. The lowest BCUT2D eigenvalue weighted by Gasteiger charge is -2.22. The molecule has 160 valence electrons. The van der Waals surface area contributed by atoms with E-state index >= 15 is 0 Å². The number of nitrogens with one attached hydrogen (secondary N) is 3. The van der Waals surface area contributed by atoms with Crippen LogP contribution in [0.2, 0.25) is 0 Å². The standard InChI is InChI=1S/C23H25N5O2S/c1-2-3-13-30-23(29)25-15-17-14-19(28-27-17)21-20(18-11-7-8-12-24-18)26-22(31-21)16-9-5-4-6-10-16/h4-6,9-10,14,18,24H,7-8,11-13,15H2,1H3,(H,25,29)(H,27,28). The predicted molar refractivity (Wildman–Crippen MR) is 121 cm³/mol. The van der Waals surface area contributed by atoms with Crippen LogP contribution in [0.4, 0.5) is 4.79 Å². The average Bonchev–Trinajstić information content (AvgIpc) is 3.46. The number of amides is 1. The highest BCUT2D eigenvalue weighted by Crippen LogP contribution is 2.39. The molecular formula is C23H25N5O2S. The number of carbonyl (C=O) groups excluding carboxylic acids is 1. The zero-order chi connectivity index (χ0) is 21.5. The molecule has 3 N–H and O–H groups in total. The van der Waals surface area contributed by atoms with Crippen LogP contribution < -0.4 is 10.6 Å². The molecule has 0 spiro atoms. The second kappa shape index (κ2) is 10.2. The van der Waals surface area contributed by atoms with Gasteiger partial charge >= 0.3 is 6.09 Å². The van der Waals surface area contributed by atoms with Gasteiger partial charge in [0.05, 0.1) is 28.9 Å². The van der Waals surface area contributed by atoms with Crippen molar-refractivity contribution >= 4 is 17.4 Å². The van der Waals surface area contributed by atoms with Crippen LogP contribution in [0.5, 0.6) is 0 Å². The van der Waals surface area contributed by atoms with Crippen molar-refractivity contribution < 1.29 is 9.53 Å². The number of rotatable bonds is 6. The number of carbonyl (C=O) groups is 1. The largest absolute Gasteiger partial charge is 0.436 e. The molecule has 1 aliphatic heterocycles. The molecular weight excluding hydrogens is 410 g/mol. The van der Waals surface area contributed by atoms with E-state index in [0.29, 0.717) is 6.54 Å². The van der Waals surface area contributed by atoms with E-state index in [1.165, 1.54) is 12.8 Å². The normalized spacial score (nSPS) is 15.7. The van der Waals surface area contributed by atoms with E-state index in [0.717, 1.165) is 45.5 Å². The summed E-state index contributed by atoms with van der Waals surface area (Å²) in [5, 5.41) is 14.8. The molecule has 1 aromatic carbocycles. The minimum atomic E-state index is -0.504. The first-order valence-corrected chi connectivity index (χ1v) is 11.2. The number of ether oxygens (including phenoxy) is 1. The molecule has 1 fully saturated rings. The summed E-state index contributed by atoms with van der Waals surface area (Å²) in [5.74, 6) is 5.37. The Kier molecular flexibility index (Phi) is 6.97. The number of aromatic amines is 1. The van der Waals surface area contributed by atoms with Crippen LogP contribution in [-0.4, -0.2) is 34.4 Å². The van der Waals surface area contributed by atoms with Gasteiger partial charge in [-0.05, 0) is 32.4 Å². The Labute approximate surface area is 185 Å². The monoisotopic (exact) mass is 435 g/mol. The van der Waals surface area contributed by atoms with Crippen molar-refractivity contribution in [3.05, 3.63) is 47.8 Å². The molecule has 3 heterocycles. The van der Waals surface area contributed by atoms with E-state index in [1.54, 1.807) is 18.3 Å². The van der Waals surface area contributed by atoms with Gasteiger partial charge in [-0.1, -0.05) is 42.7 Å². The number of hydrogen-bond donors (Lipinski definition) is 3. The van der Waals surface area contributed by atoms with E-state index in [1.807, 2.05) is 24.3 Å². The van der Waals surface area contributed by atoms with Crippen molar-refractivity contribution in [1.82, 2.24) is 25.8 Å². The second-order valence-electron chi connectivity index (χ2n) is 7.24. The third-order valence-electron chi connectivity index (χ3n) is 5.05. The SMILES string of the molecule is CC#CCOC(=O)NCc1cc(-c2sc(-c3ccccc3)nc2C2CCCCN2)n[nH]1. The van der Waals surface area contributed by atoms with Crippen molar-refractivity contribution in [1.29, 1.82) is 0 Å². The maximum atomic E-state index is 11.7. The molecule has 1 atom stereocenters. The fourth-order valence-corrected chi connectivity index (χ4v) is 4.59. The first kappa shape index (κ1) is 21.1. The zero-order valence-electron chi connectivity index (χ0n) is 17.4.